The lowest BCUT2D eigenvalue weighted by molar-refractivity contribution is 0.342. The number of rotatable bonds is 0. The Kier molecular flexibility index (Phi) is 1.07. The normalized spacial score (nSPS) is 42.8. The predicted octanol–water partition coefficient (Wildman–Crippen LogP) is 2.81. The van der Waals surface area contributed by atoms with E-state index in [1.165, 1.54) is 18.4 Å². The van der Waals surface area contributed by atoms with Crippen molar-refractivity contribution >= 4 is 0 Å². The Morgan fingerprint density at radius 3 is 2.60 bits per heavy atom. The number of allylic oxidation sites excluding steroid dienone is 1. The molecule has 0 spiro atoms. The molecule has 2 rings (SSSR count). The van der Waals surface area contributed by atoms with Gasteiger partial charge in [0.15, 0.2) is 0 Å². The largest absolute Gasteiger partial charge is 0.0990 e. The Balaban J connectivity index is 2.34. The van der Waals surface area contributed by atoms with Crippen molar-refractivity contribution in [3.05, 3.63) is 18.6 Å². The summed E-state index contributed by atoms with van der Waals surface area (Å²) in [5, 5.41) is 0. The molecule has 2 atom stereocenters. The van der Waals surface area contributed by atoms with Crippen LogP contribution in [-0.2, 0) is 0 Å². The first-order chi connectivity index (χ1) is 4.62. The van der Waals surface area contributed by atoms with Crippen molar-refractivity contribution in [2.45, 2.75) is 26.7 Å². The summed E-state index contributed by atoms with van der Waals surface area (Å²) in [7, 11) is 0. The van der Waals surface area contributed by atoms with Gasteiger partial charge in [-0.15, -0.1) is 0 Å². The lowest BCUT2D eigenvalue weighted by Gasteiger charge is -2.31. The smallest absolute Gasteiger partial charge is 0.0113 e. The molecule has 0 N–H and O–H groups in total. The van der Waals surface area contributed by atoms with Gasteiger partial charge in [0, 0.05) is 0 Å². The van der Waals surface area contributed by atoms with Gasteiger partial charge in [0.25, 0.3) is 0 Å². The lowest BCUT2D eigenvalue weighted by atomic mass is 9.73. The van der Waals surface area contributed by atoms with Crippen LogP contribution in [0.15, 0.2) is 12.2 Å². The lowest BCUT2D eigenvalue weighted by Crippen LogP contribution is -2.22. The molecule has 2 aliphatic carbocycles. The van der Waals surface area contributed by atoms with Crippen LogP contribution in [0.2, 0.25) is 0 Å². The van der Waals surface area contributed by atoms with Crippen LogP contribution in [0, 0.1) is 23.7 Å². The van der Waals surface area contributed by atoms with Crippen molar-refractivity contribution in [2.75, 3.05) is 0 Å². The van der Waals surface area contributed by atoms with E-state index in [4.69, 9.17) is 0 Å². The van der Waals surface area contributed by atoms with Gasteiger partial charge in [-0.2, -0.15) is 0 Å². The van der Waals surface area contributed by atoms with Crippen LogP contribution in [0.3, 0.4) is 0 Å². The molecule has 1 radical (unpaired) electrons. The average molecular weight is 135 g/mol. The second-order valence-electron chi connectivity index (χ2n) is 4.26. The zero-order chi connectivity index (χ0) is 7.35. The van der Waals surface area contributed by atoms with Gasteiger partial charge in [0.1, 0.15) is 0 Å². The van der Waals surface area contributed by atoms with Crippen LogP contribution in [0.5, 0.6) is 0 Å². The molecule has 2 fully saturated rings. The van der Waals surface area contributed by atoms with Crippen molar-refractivity contribution in [2.24, 2.45) is 17.3 Å². The summed E-state index contributed by atoms with van der Waals surface area (Å²) in [6.45, 7) is 8.83. The maximum Gasteiger partial charge on any atom is -0.0113 e. The Hall–Kier alpha value is -0.260. The first kappa shape index (κ1) is 6.45. The first-order valence-electron chi connectivity index (χ1n) is 4.15. The third-order valence-corrected chi connectivity index (χ3v) is 3.49. The van der Waals surface area contributed by atoms with E-state index in [0.717, 1.165) is 11.8 Å². The highest BCUT2D eigenvalue weighted by Gasteiger charge is 2.47. The number of hydrogen-bond acceptors (Lipinski definition) is 0. The molecular weight excluding hydrogens is 120 g/mol. The molecule has 2 saturated carbocycles. The Morgan fingerprint density at radius 2 is 2.30 bits per heavy atom. The molecular formula is C10H15. The molecule has 0 aromatic carbocycles. The van der Waals surface area contributed by atoms with E-state index in [1.54, 1.807) is 0 Å². The summed E-state index contributed by atoms with van der Waals surface area (Å²) in [5.74, 6) is 1.67. The van der Waals surface area contributed by atoms with Gasteiger partial charge in [-0.1, -0.05) is 26.0 Å². The van der Waals surface area contributed by atoms with E-state index in [-0.39, 0.29) is 0 Å². The van der Waals surface area contributed by atoms with E-state index in [1.807, 2.05) is 0 Å². The van der Waals surface area contributed by atoms with Gasteiger partial charge in [0.05, 0.1) is 0 Å². The topological polar surface area (TPSA) is 0 Å². The third-order valence-electron chi connectivity index (χ3n) is 3.49. The van der Waals surface area contributed by atoms with Crippen LogP contribution in [0.1, 0.15) is 26.7 Å². The fourth-order valence-corrected chi connectivity index (χ4v) is 2.47. The molecule has 0 nitrogen and oxygen atoms in total. The van der Waals surface area contributed by atoms with E-state index in [0.29, 0.717) is 5.41 Å². The van der Waals surface area contributed by atoms with Gasteiger partial charge in [-0.25, -0.2) is 0 Å². The van der Waals surface area contributed by atoms with Crippen LogP contribution in [0.4, 0.5) is 0 Å². The third kappa shape index (κ3) is 0.574. The van der Waals surface area contributed by atoms with Crippen LogP contribution < -0.4 is 0 Å². The van der Waals surface area contributed by atoms with Crippen LogP contribution in [-0.4, -0.2) is 0 Å². The molecule has 55 valence electrons. The fraction of sp³-hybridized carbons (Fsp3) is 0.700. The second kappa shape index (κ2) is 1.66. The van der Waals surface area contributed by atoms with E-state index in [2.05, 4.69) is 26.8 Å². The SMILES string of the molecule is C=C1C2C[CH]C(C2)C1(C)C. The van der Waals surface area contributed by atoms with Gasteiger partial charge in [0.2, 0.25) is 0 Å². The van der Waals surface area contributed by atoms with E-state index < -0.39 is 0 Å². The minimum atomic E-state index is 0.420. The Morgan fingerprint density at radius 1 is 1.60 bits per heavy atom. The van der Waals surface area contributed by atoms with Gasteiger partial charge in [-0.3, -0.25) is 0 Å². The molecule has 0 aromatic rings. The molecule has 0 aromatic heterocycles. The van der Waals surface area contributed by atoms with Crippen molar-refractivity contribution < 1.29 is 0 Å². The summed E-state index contributed by atoms with van der Waals surface area (Å²) >= 11 is 0. The molecule has 0 heteroatoms. The number of hydrogen-bond donors (Lipinski definition) is 0. The second-order valence-corrected chi connectivity index (χ2v) is 4.26. The molecule has 2 aliphatic rings. The average Bonchev–Trinajstić information content (AvgIpc) is 2.37. The minimum absolute atomic E-state index is 0.420. The summed E-state index contributed by atoms with van der Waals surface area (Å²) in [6.07, 6.45) is 5.16. The summed E-state index contributed by atoms with van der Waals surface area (Å²) in [6, 6.07) is 0. The van der Waals surface area contributed by atoms with E-state index in [9.17, 15) is 0 Å². The summed E-state index contributed by atoms with van der Waals surface area (Å²) in [4.78, 5) is 0. The highest BCUT2D eigenvalue weighted by atomic mass is 14.5. The first-order valence-corrected chi connectivity index (χ1v) is 4.15. The molecule has 2 unspecified atom stereocenters. The fourth-order valence-electron chi connectivity index (χ4n) is 2.47. The zero-order valence-electron chi connectivity index (χ0n) is 6.85. The Bertz CT molecular complexity index is 176. The van der Waals surface area contributed by atoms with Gasteiger partial charge in [-0.05, 0) is 36.5 Å². The molecule has 10 heavy (non-hydrogen) atoms. The van der Waals surface area contributed by atoms with Crippen molar-refractivity contribution in [3.8, 4) is 0 Å². The van der Waals surface area contributed by atoms with Crippen LogP contribution in [0.25, 0.3) is 0 Å². The monoisotopic (exact) mass is 135 g/mol. The van der Waals surface area contributed by atoms with Gasteiger partial charge >= 0.3 is 0 Å². The molecule has 0 aliphatic heterocycles. The van der Waals surface area contributed by atoms with Crippen molar-refractivity contribution in [3.63, 3.8) is 0 Å². The molecule has 0 saturated heterocycles. The minimum Gasteiger partial charge on any atom is -0.0990 e. The van der Waals surface area contributed by atoms with Crippen molar-refractivity contribution in [1.82, 2.24) is 0 Å². The molecule has 0 amide bonds. The molecule has 0 heterocycles. The quantitative estimate of drug-likeness (QED) is 0.448. The van der Waals surface area contributed by atoms with Gasteiger partial charge < -0.3 is 0 Å². The van der Waals surface area contributed by atoms with Crippen molar-refractivity contribution in [1.29, 1.82) is 0 Å². The van der Waals surface area contributed by atoms with Crippen LogP contribution >= 0.6 is 0 Å². The predicted molar refractivity (Wildman–Crippen MR) is 43.4 cm³/mol. The highest BCUT2D eigenvalue weighted by molar-refractivity contribution is 5.26. The standard InChI is InChI=1S/C10H15/c1-7-8-4-5-9(6-8)10(7,2)3/h5,8-9H,1,4,6H2,2-3H3. The maximum atomic E-state index is 4.17. The maximum absolute atomic E-state index is 4.17. The zero-order valence-corrected chi connectivity index (χ0v) is 6.85. The highest BCUT2D eigenvalue weighted by Crippen LogP contribution is 2.57. The number of fused-ring (bicyclic) bond motifs is 2. The summed E-state index contributed by atoms with van der Waals surface area (Å²) < 4.78 is 0. The summed E-state index contributed by atoms with van der Waals surface area (Å²) in [5.41, 5.74) is 1.92. The van der Waals surface area contributed by atoms with E-state index >= 15 is 0 Å². The Labute approximate surface area is 63.3 Å². The molecule has 2 bridgehead atoms.